The molecule has 0 unspecified atom stereocenters. The van der Waals surface area contributed by atoms with Gasteiger partial charge in [0.15, 0.2) is 0 Å². The van der Waals surface area contributed by atoms with Gasteiger partial charge in [-0.2, -0.15) is 0 Å². The minimum absolute atomic E-state index is 0.146. The molecule has 1 heterocycles. The van der Waals surface area contributed by atoms with Crippen LogP contribution in [0, 0.1) is 0 Å². The Balaban J connectivity index is 1.04. The largest absolute Gasteiger partial charge is 0.135 e. The number of rotatable bonds is 3. The van der Waals surface area contributed by atoms with Crippen LogP contribution >= 0.6 is 11.3 Å². The van der Waals surface area contributed by atoms with E-state index in [9.17, 15) is 0 Å². The molecule has 10 aromatic rings. The molecule has 52 heavy (non-hydrogen) atoms. The molecule has 1 aromatic heterocycles. The van der Waals surface area contributed by atoms with Gasteiger partial charge < -0.3 is 0 Å². The molecular formula is C51H34S. The van der Waals surface area contributed by atoms with E-state index in [1.54, 1.807) is 0 Å². The molecule has 0 aliphatic heterocycles. The van der Waals surface area contributed by atoms with Gasteiger partial charge in [-0.1, -0.05) is 159 Å². The van der Waals surface area contributed by atoms with Crippen LogP contribution in [-0.2, 0) is 5.41 Å². The van der Waals surface area contributed by atoms with Crippen molar-refractivity contribution in [2.24, 2.45) is 0 Å². The van der Waals surface area contributed by atoms with E-state index in [0.29, 0.717) is 0 Å². The first kappa shape index (κ1) is 29.7. The number of hydrogen-bond donors (Lipinski definition) is 0. The lowest BCUT2D eigenvalue weighted by molar-refractivity contribution is 0.661. The molecule has 0 atom stereocenters. The first-order valence-corrected chi connectivity index (χ1v) is 19.0. The summed E-state index contributed by atoms with van der Waals surface area (Å²) in [5.74, 6) is 0. The first-order valence-electron chi connectivity index (χ1n) is 18.2. The van der Waals surface area contributed by atoms with Crippen molar-refractivity contribution in [3.63, 3.8) is 0 Å². The van der Waals surface area contributed by atoms with Crippen LogP contribution in [0.1, 0.15) is 25.0 Å². The maximum Gasteiger partial charge on any atom is 0.0361 e. The lowest BCUT2D eigenvalue weighted by Gasteiger charge is -2.23. The van der Waals surface area contributed by atoms with Crippen LogP contribution in [0.4, 0.5) is 0 Å². The van der Waals surface area contributed by atoms with Gasteiger partial charge in [-0.25, -0.2) is 0 Å². The Hall–Kier alpha value is -6.02. The average Bonchev–Trinajstić information content (AvgIpc) is 3.68. The highest BCUT2D eigenvalue weighted by molar-refractivity contribution is 7.26. The van der Waals surface area contributed by atoms with Crippen molar-refractivity contribution in [1.29, 1.82) is 0 Å². The molecule has 0 radical (unpaired) electrons. The molecule has 0 saturated carbocycles. The van der Waals surface area contributed by atoms with E-state index in [-0.39, 0.29) is 5.41 Å². The summed E-state index contributed by atoms with van der Waals surface area (Å²) >= 11 is 1.90. The predicted octanol–water partition coefficient (Wildman–Crippen LogP) is 14.8. The molecule has 244 valence electrons. The Labute approximate surface area is 307 Å². The van der Waals surface area contributed by atoms with E-state index in [4.69, 9.17) is 0 Å². The van der Waals surface area contributed by atoms with Gasteiger partial charge in [0.05, 0.1) is 0 Å². The van der Waals surface area contributed by atoms with E-state index in [2.05, 4.69) is 184 Å². The van der Waals surface area contributed by atoms with Crippen LogP contribution in [0.2, 0.25) is 0 Å². The van der Waals surface area contributed by atoms with Crippen molar-refractivity contribution in [2.45, 2.75) is 19.3 Å². The lowest BCUT2D eigenvalue weighted by atomic mass is 9.80. The second-order valence-corrected chi connectivity index (χ2v) is 15.9. The predicted molar refractivity (Wildman–Crippen MR) is 226 cm³/mol. The van der Waals surface area contributed by atoms with Crippen molar-refractivity contribution in [1.82, 2.24) is 0 Å². The van der Waals surface area contributed by atoms with Crippen molar-refractivity contribution < 1.29 is 0 Å². The Morgan fingerprint density at radius 1 is 0.365 bits per heavy atom. The van der Waals surface area contributed by atoms with Gasteiger partial charge in [-0.15, -0.1) is 11.3 Å². The molecule has 0 fully saturated rings. The van der Waals surface area contributed by atoms with Gasteiger partial charge in [-0.3, -0.25) is 0 Å². The maximum atomic E-state index is 2.49. The van der Waals surface area contributed by atoms with Gasteiger partial charge in [-0.05, 0) is 112 Å². The fraction of sp³-hybridized carbons (Fsp3) is 0.0588. The molecule has 1 aliphatic carbocycles. The summed E-state index contributed by atoms with van der Waals surface area (Å²) in [6.45, 7) is 4.81. The van der Waals surface area contributed by atoms with Crippen LogP contribution in [0.5, 0.6) is 0 Å². The van der Waals surface area contributed by atoms with Crippen molar-refractivity contribution in [3.05, 3.63) is 181 Å². The van der Waals surface area contributed by atoms with Gasteiger partial charge >= 0.3 is 0 Å². The number of thiophene rings is 1. The second kappa shape index (κ2) is 11.0. The van der Waals surface area contributed by atoms with Crippen LogP contribution in [0.3, 0.4) is 0 Å². The summed E-state index contributed by atoms with van der Waals surface area (Å²) in [7, 11) is 0. The zero-order chi connectivity index (χ0) is 34.6. The van der Waals surface area contributed by atoms with Gasteiger partial charge in [0.25, 0.3) is 0 Å². The van der Waals surface area contributed by atoms with Crippen LogP contribution in [-0.4, -0.2) is 0 Å². The van der Waals surface area contributed by atoms with Crippen LogP contribution in [0.15, 0.2) is 170 Å². The van der Waals surface area contributed by atoms with E-state index in [0.717, 1.165) is 0 Å². The van der Waals surface area contributed by atoms with Crippen LogP contribution < -0.4 is 0 Å². The summed E-state index contributed by atoms with van der Waals surface area (Å²) in [6.07, 6.45) is 0. The SMILES string of the molecule is CC1(C)c2cc(-c3ccc4c(c3)sc3ccc5ccccc5c34)ccc2-c2ccc(-c3c4ccccc4c(-c4ccccc4)c4ccccc34)cc21. The summed E-state index contributed by atoms with van der Waals surface area (Å²) in [5.41, 5.74) is 13.0. The molecule has 0 nitrogen and oxygen atoms in total. The third-order valence-electron chi connectivity index (χ3n) is 11.7. The Kier molecular flexibility index (Phi) is 6.27. The monoisotopic (exact) mass is 678 g/mol. The molecule has 0 amide bonds. The quantitative estimate of drug-likeness (QED) is 0.163. The zero-order valence-electron chi connectivity index (χ0n) is 29.1. The van der Waals surface area contributed by atoms with Crippen molar-refractivity contribution in [2.75, 3.05) is 0 Å². The highest BCUT2D eigenvalue weighted by Gasteiger charge is 2.36. The molecule has 0 N–H and O–H groups in total. The topological polar surface area (TPSA) is 0 Å². The minimum Gasteiger partial charge on any atom is -0.135 e. The molecule has 1 aliphatic rings. The molecule has 1 heteroatoms. The van der Waals surface area contributed by atoms with Crippen LogP contribution in [0.25, 0.3) is 97.0 Å². The first-order chi connectivity index (χ1) is 25.5. The number of benzene rings is 9. The minimum atomic E-state index is -0.146. The molecule has 0 bridgehead atoms. The lowest BCUT2D eigenvalue weighted by Crippen LogP contribution is -2.15. The molecular weight excluding hydrogens is 645 g/mol. The van der Waals surface area contributed by atoms with Crippen molar-refractivity contribution in [3.8, 4) is 44.5 Å². The third kappa shape index (κ3) is 4.21. The smallest absolute Gasteiger partial charge is 0.0361 e. The van der Waals surface area contributed by atoms with Gasteiger partial charge in [0.2, 0.25) is 0 Å². The normalized spacial score (nSPS) is 13.3. The second-order valence-electron chi connectivity index (χ2n) is 14.8. The van der Waals surface area contributed by atoms with Gasteiger partial charge in [0.1, 0.15) is 0 Å². The van der Waals surface area contributed by atoms with Crippen molar-refractivity contribution >= 4 is 63.8 Å². The molecule has 0 saturated heterocycles. The van der Waals surface area contributed by atoms with E-state index >= 15 is 0 Å². The Bertz CT molecular complexity index is 3030. The maximum absolute atomic E-state index is 2.49. The Morgan fingerprint density at radius 2 is 0.885 bits per heavy atom. The molecule has 0 spiro atoms. The fourth-order valence-corrected chi connectivity index (χ4v) is 10.3. The summed E-state index contributed by atoms with van der Waals surface area (Å²) in [5, 5.41) is 10.5. The van der Waals surface area contributed by atoms with E-state index in [1.165, 1.54) is 108 Å². The highest BCUT2D eigenvalue weighted by Crippen LogP contribution is 2.52. The molecule has 11 rings (SSSR count). The number of fused-ring (bicyclic) bond motifs is 10. The standard InChI is InChI=1S/C51H34S/c1-51(2)44-28-33(34-21-26-43-47(30-34)52-46-27-23-31-12-6-7-15-36(31)50(43)46)20-24-37(44)38-25-22-35(29-45(38)51)49-41-18-10-8-16-39(41)48(32-13-4-3-5-14-32)40-17-9-11-19-42(40)49/h3-30H,1-2H3. The Morgan fingerprint density at radius 3 is 1.56 bits per heavy atom. The molecule has 9 aromatic carbocycles. The summed E-state index contributed by atoms with van der Waals surface area (Å²) in [6, 6.07) is 63.5. The summed E-state index contributed by atoms with van der Waals surface area (Å²) < 4.78 is 2.69. The fourth-order valence-electron chi connectivity index (χ4n) is 9.15. The van der Waals surface area contributed by atoms with Gasteiger partial charge in [0, 0.05) is 25.6 Å². The van der Waals surface area contributed by atoms with E-state index < -0.39 is 0 Å². The number of hydrogen-bond acceptors (Lipinski definition) is 1. The highest BCUT2D eigenvalue weighted by atomic mass is 32.1. The summed E-state index contributed by atoms with van der Waals surface area (Å²) in [4.78, 5) is 0. The van der Waals surface area contributed by atoms with E-state index in [1.807, 2.05) is 11.3 Å². The zero-order valence-corrected chi connectivity index (χ0v) is 29.9. The third-order valence-corrected chi connectivity index (χ3v) is 12.8. The average molecular weight is 679 g/mol.